The number of para-hydroxylation sites is 1. The summed E-state index contributed by atoms with van der Waals surface area (Å²) >= 11 is 0. The summed E-state index contributed by atoms with van der Waals surface area (Å²) in [5.41, 5.74) is 4.32. The Balaban J connectivity index is 1.32. The average molecular weight is 538 g/mol. The van der Waals surface area contributed by atoms with Crippen molar-refractivity contribution in [3.63, 3.8) is 0 Å². The van der Waals surface area contributed by atoms with Gasteiger partial charge in [0, 0.05) is 35.8 Å². The molecule has 9 heteroatoms. The lowest BCUT2D eigenvalue weighted by molar-refractivity contribution is -0.118. The Labute approximate surface area is 231 Å². The van der Waals surface area contributed by atoms with E-state index >= 15 is 4.39 Å². The third kappa shape index (κ3) is 4.82. The minimum absolute atomic E-state index is 0.0972. The van der Waals surface area contributed by atoms with Gasteiger partial charge >= 0.3 is 0 Å². The van der Waals surface area contributed by atoms with Gasteiger partial charge in [-0.15, -0.1) is 0 Å². The third-order valence-electron chi connectivity index (χ3n) is 7.17. The van der Waals surface area contributed by atoms with Crippen molar-refractivity contribution in [2.45, 2.75) is 26.1 Å². The van der Waals surface area contributed by atoms with Crippen molar-refractivity contribution in [1.82, 2.24) is 19.1 Å². The zero-order valence-corrected chi connectivity index (χ0v) is 22.3. The van der Waals surface area contributed by atoms with Crippen molar-refractivity contribution in [2.75, 3.05) is 19.1 Å². The molecule has 0 N–H and O–H groups in total. The molecule has 0 atom stereocenters. The van der Waals surface area contributed by atoms with Crippen LogP contribution in [-0.2, 0) is 30.8 Å². The second-order valence-electron chi connectivity index (χ2n) is 9.63. The SMILES string of the molecule is COc1cccc(Cn2cncc2CC(=O)N2Cc3nc(-c4ccccc4OC)cn3Cc3c(F)cccc32)c1. The van der Waals surface area contributed by atoms with Gasteiger partial charge in [-0.05, 0) is 42.0 Å². The molecule has 0 fully saturated rings. The van der Waals surface area contributed by atoms with Crippen LogP contribution >= 0.6 is 0 Å². The summed E-state index contributed by atoms with van der Waals surface area (Å²) in [5, 5.41) is 0. The molecule has 0 bridgehead atoms. The predicted molar refractivity (Wildman–Crippen MR) is 149 cm³/mol. The largest absolute Gasteiger partial charge is 0.497 e. The summed E-state index contributed by atoms with van der Waals surface area (Å²) in [4.78, 5) is 24.7. The molecule has 0 spiro atoms. The highest BCUT2D eigenvalue weighted by atomic mass is 19.1. The number of imidazole rings is 2. The number of fused-ring (bicyclic) bond motifs is 2. The second kappa shape index (κ2) is 10.7. The molecule has 0 radical (unpaired) electrons. The second-order valence-corrected chi connectivity index (χ2v) is 9.63. The first kappa shape index (κ1) is 25.4. The third-order valence-corrected chi connectivity index (χ3v) is 7.17. The Morgan fingerprint density at radius 1 is 1.00 bits per heavy atom. The highest BCUT2D eigenvalue weighted by molar-refractivity contribution is 5.95. The molecule has 0 saturated heterocycles. The summed E-state index contributed by atoms with van der Waals surface area (Å²) < 4.78 is 29.9. The van der Waals surface area contributed by atoms with Gasteiger partial charge in [-0.2, -0.15) is 0 Å². The molecular formula is C31H28FN5O3. The number of hydrogen-bond acceptors (Lipinski definition) is 5. The van der Waals surface area contributed by atoms with Crippen LogP contribution in [0.3, 0.4) is 0 Å². The molecule has 1 amide bonds. The molecule has 202 valence electrons. The fourth-order valence-electron chi connectivity index (χ4n) is 5.14. The zero-order valence-electron chi connectivity index (χ0n) is 22.3. The molecule has 2 aromatic heterocycles. The van der Waals surface area contributed by atoms with Crippen LogP contribution < -0.4 is 14.4 Å². The Kier molecular flexibility index (Phi) is 6.77. The number of methoxy groups -OCH3 is 2. The number of halogens is 1. The zero-order chi connectivity index (χ0) is 27.6. The van der Waals surface area contributed by atoms with E-state index in [4.69, 9.17) is 14.5 Å². The van der Waals surface area contributed by atoms with E-state index < -0.39 is 0 Å². The van der Waals surface area contributed by atoms with E-state index in [9.17, 15) is 4.79 Å². The van der Waals surface area contributed by atoms with Gasteiger partial charge in [-0.25, -0.2) is 14.4 Å². The van der Waals surface area contributed by atoms with Crippen LogP contribution in [0, 0.1) is 5.82 Å². The number of amides is 1. The molecule has 6 rings (SSSR count). The van der Waals surface area contributed by atoms with E-state index in [-0.39, 0.29) is 31.2 Å². The van der Waals surface area contributed by atoms with E-state index in [1.54, 1.807) is 43.8 Å². The fourth-order valence-corrected chi connectivity index (χ4v) is 5.14. The summed E-state index contributed by atoms with van der Waals surface area (Å²) in [7, 11) is 3.25. The van der Waals surface area contributed by atoms with Crippen LogP contribution in [0.5, 0.6) is 11.5 Å². The van der Waals surface area contributed by atoms with Crippen LogP contribution in [0.2, 0.25) is 0 Å². The van der Waals surface area contributed by atoms with Gasteiger partial charge in [0.1, 0.15) is 23.1 Å². The summed E-state index contributed by atoms with van der Waals surface area (Å²) in [5.74, 6) is 1.59. The van der Waals surface area contributed by atoms with Gasteiger partial charge in [0.25, 0.3) is 0 Å². The fraction of sp³-hybridized carbons (Fsp3) is 0.194. The maximum atomic E-state index is 15.2. The van der Waals surface area contributed by atoms with Gasteiger partial charge in [-0.1, -0.05) is 30.3 Å². The summed E-state index contributed by atoms with van der Waals surface area (Å²) in [6, 6.07) is 20.2. The lowest BCUT2D eigenvalue weighted by Crippen LogP contribution is -2.33. The van der Waals surface area contributed by atoms with Gasteiger partial charge in [0.2, 0.25) is 5.91 Å². The standard InChI is InChI=1S/C31H28FN5O3/c1-39-23-8-5-7-21(13-23)16-36-20-33-15-22(36)14-31(38)37-19-30-34-27(24-9-3-4-12-29(24)40-2)18-35(30)17-25-26(32)10-6-11-28(25)37/h3-13,15,18,20H,14,16-17,19H2,1-2H3. The molecule has 3 heterocycles. The molecule has 0 unspecified atom stereocenters. The van der Waals surface area contributed by atoms with Gasteiger partial charge in [0.05, 0.1) is 51.4 Å². The van der Waals surface area contributed by atoms with Crippen molar-refractivity contribution in [2.24, 2.45) is 0 Å². The minimum Gasteiger partial charge on any atom is -0.497 e. The van der Waals surface area contributed by atoms with Crippen LogP contribution in [0.1, 0.15) is 22.6 Å². The highest BCUT2D eigenvalue weighted by Crippen LogP contribution is 2.34. The number of aromatic nitrogens is 4. The van der Waals surface area contributed by atoms with E-state index in [2.05, 4.69) is 4.98 Å². The Morgan fingerprint density at radius 2 is 1.85 bits per heavy atom. The first-order valence-electron chi connectivity index (χ1n) is 12.9. The molecule has 8 nitrogen and oxygen atoms in total. The first-order chi connectivity index (χ1) is 19.5. The maximum Gasteiger partial charge on any atom is 0.233 e. The summed E-state index contributed by atoms with van der Waals surface area (Å²) in [6.45, 7) is 1.00. The van der Waals surface area contributed by atoms with Crippen LogP contribution in [0.25, 0.3) is 11.3 Å². The van der Waals surface area contributed by atoms with Gasteiger partial charge in [-0.3, -0.25) is 4.79 Å². The monoisotopic (exact) mass is 537 g/mol. The summed E-state index contributed by atoms with van der Waals surface area (Å²) in [6.07, 6.45) is 5.40. The lowest BCUT2D eigenvalue weighted by atomic mass is 10.1. The topological polar surface area (TPSA) is 74.4 Å². The van der Waals surface area contributed by atoms with Crippen molar-refractivity contribution < 1.29 is 18.7 Å². The quantitative estimate of drug-likeness (QED) is 0.289. The van der Waals surface area contributed by atoms with Crippen molar-refractivity contribution in [3.8, 4) is 22.8 Å². The van der Waals surface area contributed by atoms with E-state index in [1.807, 2.05) is 63.9 Å². The molecule has 5 aromatic rings. The number of rotatable bonds is 7. The maximum absolute atomic E-state index is 15.2. The Bertz CT molecular complexity index is 1690. The predicted octanol–water partition coefficient (Wildman–Crippen LogP) is 5.09. The number of carbonyl (C=O) groups is 1. The van der Waals surface area contributed by atoms with Crippen LogP contribution in [0.15, 0.2) is 85.5 Å². The molecule has 1 aliphatic rings. The Morgan fingerprint density at radius 3 is 2.70 bits per heavy atom. The van der Waals surface area contributed by atoms with E-state index in [0.29, 0.717) is 35.1 Å². The number of anilines is 1. The smallest absolute Gasteiger partial charge is 0.233 e. The number of hydrogen-bond donors (Lipinski definition) is 0. The molecular weight excluding hydrogens is 509 g/mol. The molecule has 0 saturated carbocycles. The van der Waals surface area contributed by atoms with Crippen molar-refractivity contribution in [1.29, 1.82) is 0 Å². The molecule has 1 aliphatic heterocycles. The molecule has 0 aliphatic carbocycles. The number of carbonyl (C=O) groups excluding carboxylic acids is 1. The normalized spacial score (nSPS) is 12.4. The average Bonchev–Trinajstić information content (AvgIpc) is 3.55. The molecule has 3 aromatic carbocycles. The highest BCUT2D eigenvalue weighted by Gasteiger charge is 2.28. The lowest BCUT2D eigenvalue weighted by Gasteiger charge is -2.23. The van der Waals surface area contributed by atoms with Gasteiger partial charge in [0.15, 0.2) is 0 Å². The Hall–Kier alpha value is -4.92. The van der Waals surface area contributed by atoms with E-state index in [0.717, 1.165) is 22.6 Å². The van der Waals surface area contributed by atoms with Crippen molar-refractivity contribution in [3.05, 3.63) is 114 Å². The van der Waals surface area contributed by atoms with E-state index in [1.165, 1.54) is 6.07 Å². The van der Waals surface area contributed by atoms with Gasteiger partial charge < -0.3 is 23.5 Å². The van der Waals surface area contributed by atoms with Crippen LogP contribution in [-0.4, -0.2) is 39.2 Å². The molecule has 40 heavy (non-hydrogen) atoms. The van der Waals surface area contributed by atoms with Crippen LogP contribution in [0.4, 0.5) is 10.1 Å². The van der Waals surface area contributed by atoms with Crippen molar-refractivity contribution >= 4 is 11.6 Å². The first-order valence-corrected chi connectivity index (χ1v) is 12.9. The number of benzene rings is 3. The minimum atomic E-state index is -0.362. The number of nitrogens with zero attached hydrogens (tertiary/aromatic N) is 5. The number of ether oxygens (including phenoxy) is 2.